The molecule has 6 N–H and O–H groups in total. The quantitative estimate of drug-likeness (QED) is 0.110. The Morgan fingerprint density at radius 1 is 1.09 bits per heavy atom. The number of aryl methyl sites for hydroxylation is 1. The Balaban J connectivity index is 0.000000329. The number of aliphatic hydroxyl groups is 2. The van der Waals surface area contributed by atoms with Crippen molar-refractivity contribution in [1.82, 2.24) is 5.01 Å². The minimum Gasteiger partial charge on any atom is -0.469 e. The third-order valence-corrected chi connectivity index (χ3v) is 6.55. The summed E-state index contributed by atoms with van der Waals surface area (Å²) in [6.45, 7) is 3.76. The van der Waals surface area contributed by atoms with Gasteiger partial charge in [0.25, 0.3) is 0 Å². The van der Waals surface area contributed by atoms with Gasteiger partial charge in [-0.25, -0.2) is 19.0 Å². The van der Waals surface area contributed by atoms with Crippen LogP contribution in [0.2, 0.25) is 0 Å². The van der Waals surface area contributed by atoms with Crippen LogP contribution in [0.1, 0.15) is 36.3 Å². The fourth-order valence-electron chi connectivity index (χ4n) is 4.09. The van der Waals surface area contributed by atoms with Gasteiger partial charge in [0.15, 0.2) is 23.7 Å². The van der Waals surface area contributed by atoms with Crippen LogP contribution in [-0.4, -0.2) is 65.9 Å². The van der Waals surface area contributed by atoms with E-state index < -0.39 is 48.0 Å². The van der Waals surface area contributed by atoms with Gasteiger partial charge >= 0.3 is 5.97 Å². The number of carbonyl (C=O) groups excluding carboxylic acids is 1. The first-order chi connectivity index (χ1) is 22.0. The maximum atomic E-state index is 12.2. The number of hydrazine groups is 1. The number of carbonyl (C=O) groups is 1. The zero-order chi connectivity index (χ0) is 34.1. The van der Waals surface area contributed by atoms with Gasteiger partial charge < -0.3 is 39.9 Å². The van der Waals surface area contributed by atoms with Gasteiger partial charge in [0, 0.05) is 18.0 Å². The molecule has 3 aromatic carbocycles. The number of rotatable bonds is 10. The van der Waals surface area contributed by atoms with Crippen LogP contribution in [0.3, 0.4) is 0 Å². The maximum Gasteiger partial charge on any atom is 0.308 e. The molecule has 4 rings (SSSR count). The van der Waals surface area contributed by atoms with Crippen LogP contribution in [0, 0.1) is 24.4 Å². The molecule has 3 aromatic rings. The summed E-state index contributed by atoms with van der Waals surface area (Å²) in [6.07, 6.45) is -0.671. The van der Waals surface area contributed by atoms with Crippen LogP contribution in [0.25, 0.3) is 0 Å². The van der Waals surface area contributed by atoms with Crippen molar-refractivity contribution < 1.29 is 47.1 Å². The Kier molecular flexibility index (Phi) is 16.8. The van der Waals surface area contributed by atoms with Crippen LogP contribution >= 0.6 is 0 Å². The van der Waals surface area contributed by atoms with Crippen molar-refractivity contribution in [2.24, 2.45) is 11.6 Å². The van der Waals surface area contributed by atoms with Crippen molar-refractivity contribution in [2.45, 2.75) is 57.6 Å². The average Bonchev–Trinajstić information content (AvgIpc) is 3.05. The number of ether oxygens (including phenoxy) is 4. The molecular weight excluding hydrogens is 607 g/mol. The molecule has 1 fully saturated rings. The average molecular weight is 650 g/mol. The van der Waals surface area contributed by atoms with Crippen LogP contribution in [-0.2, 0) is 30.3 Å². The fraction of sp³-hybridized carbons (Fsp3) is 0.364. The third kappa shape index (κ3) is 13.2. The first kappa shape index (κ1) is 38.2. The summed E-state index contributed by atoms with van der Waals surface area (Å²) in [5.41, 5.74) is 7.54. The van der Waals surface area contributed by atoms with Gasteiger partial charge in [0.2, 0.25) is 0 Å². The molecule has 1 aliphatic heterocycles. The number of nitrogens with two attached hydrogens (primary N) is 2. The lowest BCUT2D eigenvalue weighted by Crippen LogP contribution is -2.48. The SMILES string of the molecule is COC(=O)CC(OC1COC(c2ccccc2)OC1C)C(O)CN(N)/C=C\N.Cc1cc(F)c(F)c(F)c1.OCc1ccccc1. The van der Waals surface area contributed by atoms with Crippen molar-refractivity contribution >= 4 is 5.97 Å². The normalized spacial score (nSPS) is 18.8. The zero-order valence-corrected chi connectivity index (χ0v) is 26.0. The number of methoxy groups -OCH3 is 1. The number of aliphatic hydroxyl groups excluding tert-OH is 2. The molecule has 1 heterocycles. The lowest BCUT2D eigenvalue weighted by atomic mass is 10.1. The minimum absolute atomic E-state index is 0.0187. The highest BCUT2D eigenvalue weighted by molar-refractivity contribution is 5.69. The molecular formula is C33H42F3N3O7. The Morgan fingerprint density at radius 3 is 2.17 bits per heavy atom. The largest absolute Gasteiger partial charge is 0.469 e. The minimum atomic E-state index is -1.41. The third-order valence-electron chi connectivity index (χ3n) is 6.55. The van der Waals surface area contributed by atoms with E-state index in [9.17, 15) is 23.1 Å². The topological polar surface area (TPSA) is 150 Å². The van der Waals surface area contributed by atoms with Gasteiger partial charge in [-0.15, -0.1) is 0 Å². The Labute approximate surface area is 266 Å². The van der Waals surface area contributed by atoms with Crippen LogP contribution in [0.15, 0.2) is 85.2 Å². The van der Waals surface area contributed by atoms with Gasteiger partial charge in [-0.2, -0.15) is 0 Å². The molecule has 0 aromatic heterocycles. The van der Waals surface area contributed by atoms with E-state index in [-0.39, 0.29) is 32.3 Å². The maximum absolute atomic E-state index is 12.2. The van der Waals surface area contributed by atoms with E-state index >= 15 is 0 Å². The van der Waals surface area contributed by atoms with Crippen molar-refractivity contribution in [3.8, 4) is 0 Å². The molecule has 5 unspecified atom stereocenters. The highest BCUT2D eigenvalue weighted by Crippen LogP contribution is 2.28. The predicted molar refractivity (Wildman–Crippen MR) is 165 cm³/mol. The molecule has 1 aliphatic rings. The fourth-order valence-corrected chi connectivity index (χ4v) is 4.09. The molecule has 10 nitrogen and oxygen atoms in total. The van der Waals surface area contributed by atoms with E-state index in [1.54, 1.807) is 0 Å². The number of hydrogen-bond donors (Lipinski definition) is 4. The number of halogens is 3. The van der Waals surface area contributed by atoms with E-state index in [4.69, 9.17) is 35.6 Å². The van der Waals surface area contributed by atoms with Crippen molar-refractivity contribution in [3.63, 3.8) is 0 Å². The summed E-state index contributed by atoms with van der Waals surface area (Å²) in [4.78, 5) is 11.7. The molecule has 252 valence electrons. The summed E-state index contributed by atoms with van der Waals surface area (Å²) in [6, 6.07) is 21.0. The molecule has 1 saturated heterocycles. The summed E-state index contributed by atoms with van der Waals surface area (Å²) in [5, 5.41) is 20.2. The first-order valence-electron chi connectivity index (χ1n) is 14.4. The van der Waals surface area contributed by atoms with Crippen molar-refractivity contribution in [3.05, 3.63) is 119 Å². The second-order valence-corrected chi connectivity index (χ2v) is 10.2. The van der Waals surface area contributed by atoms with Gasteiger partial charge in [0.05, 0.1) is 51.6 Å². The summed E-state index contributed by atoms with van der Waals surface area (Å²) in [5.74, 6) is 1.52. The standard InChI is InChI=1S/C19H29N3O6.C7H5F3.C7H8O/c1-13-17(12-26-19(27-13)14-6-4-3-5-7-14)28-16(10-18(24)25-2)15(23)11-22(21)9-8-20;1-4-2-5(8)7(10)6(9)3-4;8-6-7-4-2-1-3-5-7/h3-9,13,15-17,19,23H,10-12,20-21H2,1-2H3;2-3H,1H3;1-5,8H,6H2/b9-8-;;. The molecule has 13 heteroatoms. The number of hydrogen-bond acceptors (Lipinski definition) is 10. The highest BCUT2D eigenvalue weighted by atomic mass is 19.2. The number of benzene rings is 3. The van der Waals surface area contributed by atoms with Crippen LogP contribution < -0.4 is 11.6 Å². The van der Waals surface area contributed by atoms with Gasteiger partial charge in [0.1, 0.15) is 6.10 Å². The number of esters is 1. The van der Waals surface area contributed by atoms with E-state index in [0.717, 1.165) is 23.3 Å². The summed E-state index contributed by atoms with van der Waals surface area (Å²) >= 11 is 0. The Hall–Kier alpha value is -3.98. The van der Waals surface area contributed by atoms with E-state index in [2.05, 4.69) is 0 Å². The van der Waals surface area contributed by atoms with Crippen molar-refractivity contribution in [2.75, 3.05) is 20.3 Å². The number of nitrogens with zero attached hydrogens (tertiary/aromatic N) is 1. The zero-order valence-electron chi connectivity index (χ0n) is 26.0. The smallest absolute Gasteiger partial charge is 0.308 e. The second kappa shape index (κ2) is 20.2. The summed E-state index contributed by atoms with van der Waals surface area (Å²) in [7, 11) is 1.28. The lowest BCUT2D eigenvalue weighted by molar-refractivity contribution is -0.273. The van der Waals surface area contributed by atoms with E-state index in [1.165, 1.54) is 31.4 Å². The summed E-state index contributed by atoms with van der Waals surface area (Å²) < 4.78 is 59.0. The molecule has 5 atom stereocenters. The Morgan fingerprint density at radius 2 is 1.67 bits per heavy atom. The lowest BCUT2D eigenvalue weighted by Gasteiger charge is -2.37. The van der Waals surface area contributed by atoms with Crippen LogP contribution in [0.5, 0.6) is 0 Å². The molecule has 0 aliphatic carbocycles. The molecule has 0 spiro atoms. The monoisotopic (exact) mass is 649 g/mol. The highest BCUT2D eigenvalue weighted by Gasteiger charge is 2.35. The second-order valence-electron chi connectivity index (χ2n) is 10.2. The first-order valence-corrected chi connectivity index (χ1v) is 14.4. The molecule has 0 radical (unpaired) electrons. The van der Waals surface area contributed by atoms with Gasteiger partial charge in [-0.3, -0.25) is 4.79 Å². The van der Waals surface area contributed by atoms with Gasteiger partial charge in [-0.1, -0.05) is 60.7 Å². The molecule has 0 bridgehead atoms. The van der Waals surface area contributed by atoms with E-state index in [1.807, 2.05) is 67.6 Å². The molecule has 46 heavy (non-hydrogen) atoms. The Bertz CT molecular complexity index is 1320. The molecule has 0 amide bonds. The van der Waals surface area contributed by atoms with Crippen LogP contribution in [0.4, 0.5) is 13.2 Å². The van der Waals surface area contributed by atoms with Gasteiger partial charge in [-0.05, 0) is 37.1 Å². The van der Waals surface area contributed by atoms with Crippen molar-refractivity contribution in [1.29, 1.82) is 0 Å². The predicted octanol–water partition coefficient (Wildman–Crippen LogP) is 4.00. The molecule has 0 saturated carbocycles. The van der Waals surface area contributed by atoms with E-state index in [0.29, 0.717) is 5.56 Å².